The number of aliphatic hydroxyl groups is 2. The van der Waals surface area contributed by atoms with E-state index in [2.05, 4.69) is 21.8 Å². The van der Waals surface area contributed by atoms with Gasteiger partial charge in [-0.3, -0.25) is 9.58 Å². The Morgan fingerprint density at radius 2 is 2.05 bits per heavy atom. The highest BCUT2D eigenvalue weighted by Crippen LogP contribution is 2.51. The molecule has 5 rings (SSSR count). The molecule has 2 fully saturated rings. The first-order valence-corrected chi connectivity index (χ1v) is 14.3. The fraction of sp³-hybridized carbons (Fsp3) is 0.704. The Morgan fingerprint density at radius 3 is 2.72 bits per heavy atom. The molecule has 0 aliphatic carbocycles. The van der Waals surface area contributed by atoms with Gasteiger partial charge in [0.15, 0.2) is 0 Å². The molecule has 2 N–H and O–H groups in total. The van der Waals surface area contributed by atoms with E-state index in [0.29, 0.717) is 88.4 Å². The third-order valence-electron chi connectivity index (χ3n) is 8.47. The molecule has 2 aromatic heterocycles. The molecule has 12 heteroatoms. The fourth-order valence-corrected chi connectivity index (χ4v) is 7.83. The van der Waals surface area contributed by atoms with Crippen LogP contribution in [-0.2, 0) is 47.4 Å². The van der Waals surface area contributed by atoms with Crippen LogP contribution in [0.3, 0.4) is 0 Å². The van der Waals surface area contributed by atoms with E-state index in [-0.39, 0.29) is 11.6 Å². The van der Waals surface area contributed by atoms with Crippen molar-refractivity contribution in [2.45, 2.75) is 94.6 Å². The summed E-state index contributed by atoms with van der Waals surface area (Å²) < 4.78 is 54.4. The number of aromatic nitrogens is 2. The Labute approximate surface area is 230 Å². The van der Waals surface area contributed by atoms with Crippen molar-refractivity contribution in [1.82, 2.24) is 14.7 Å². The molecular formula is C27H35F3N4O4S. The second kappa shape index (κ2) is 11.1. The number of piperidine rings is 1. The second-order valence-electron chi connectivity index (χ2n) is 11.1. The number of thiophene rings is 1. The van der Waals surface area contributed by atoms with Crippen molar-refractivity contribution in [2.24, 2.45) is 0 Å². The number of hydrogen-bond acceptors (Lipinski definition) is 7. The van der Waals surface area contributed by atoms with E-state index in [1.807, 2.05) is 6.20 Å². The SMILES string of the molecule is [C-]#[N+]C1(CC(O)Cn2cc(CN3CC[C@]4(C[C@@H]3C)OCCc3c4sc(C(F)(F)F)c3CO)cn2)CCOCC1. The van der Waals surface area contributed by atoms with Crippen LogP contribution in [-0.4, -0.2) is 68.9 Å². The third-order valence-corrected chi connectivity index (χ3v) is 9.98. The number of halogens is 3. The molecule has 1 unspecified atom stereocenters. The van der Waals surface area contributed by atoms with E-state index in [1.165, 1.54) is 0 Å². The van der Waals surface area contributed by atoms with Gasteiger partial charge in [0.1, 0.15) is 10.5 Å². The summed E-state index contributed by atoms with van der Waals surface area (Å²) in [4.78, 5) is 6.02. The van der Waals surface area contributed by atoms with Gasteiger partial charge in [-0.2, -0.15) is 18.3 Å². The van der Waals surface area contributed by atoms with Gasteiger partial charge < -0.3 is 24.5 Å². The summed E-state index contributed by atoms with van der Waals surface area (Å²) in [6.45, 7) is 12.1. The molecule has 0 bridgehead atoms. The van der Waals surface area contributed by atoms with Gasteiger partial charge in [0.05, 0.1) is 51.7 Å². The standard InChI is InChI=1S/C27H35F3N4O4S/c1-18-11-26(23-21(3-8-38-26)22(17-35)24(39-23)27(28,29)30)4-7-33(18)14-19-13-32-34(15-19)16-20(36)12-25(31-2)5-9-37-10-6-25/h13,15,18,20,35-36H,3-12,14,16-17H2,1H3/t18-,20?,26+/m0/s1. The summed E-state index contributed by atoms with van der Waals surface area (Å²) in [6, 6.07) is 0.0553. The van der Waals surface area contributed by atoms with E-state index in [0.717, 1.165) is 16.9 Å². The molecule has 3 aliphatic heterocycles. The molecule has 0 aromatic carbocycles. The summed E-state index contributed by atoms with van der Waals surface area (Å²) in [5.41, 5.74) is 0.268. The van der Waals surface area contributed by atoms with Gasteiger partial charge in [-0.15, -0.1) is 11.3 Å². The minimum absolute atomic E-state index is 0.00833. The van der Waals surface area contributed by atoms with Gasteiger partial charge in [-0.05, 0) is 31.7 Å². The van der Waals surface area contributed by atoms with Gasteiger partial charge in [-0.1, -0.05) is 0 Å². The molecule has 8 nitrogen and oxygen atoms in total. The normalized spacial score (nSPS) is 26.3. The van der Waals surface area contributed by atoms with Crippen LogP contribution < -0.4 is 0 Å². The maximum absolute atomic E-state index is 13.7. The predicted octanol–water partition coefficient (Wildman–Crippen LogP) is 4.13. The first-order valence-electron chi connectivity index (χ1n) is 13.4. The molecule has 5 heterocycles. The molecule has 3 aliphatic rings. The van der Waals surface area contributed by atoms with E-state index in [9.17, 15) is 23.4 Å². The number of fused-ring (bicyclic) bond motifs is 2. The minimum atomic E-state index is -4.50. The van der Waals surface area contributed by atoms with Crippen molar-refractivity contribution < 1.29 is 32.9 Å². The largest absolute Gasteiger partial charge is 0.425 e. The number of ether oxygens (including phenoxy) is 2. The fourth-order valence-electron chi connectivity index (χ4n) is 6.42. The molecule has 1 spiro atoms. The van der Waals surface area contributed by atoms with E-state index >= 15 is 0 Å². The summed E-state index contributed by atoms with van der Waals surface area (Å²) in [5.74, 6) is 0. The molecule has 39 heavy (non-hydrogen) atoms. The van der Waals surface area contributed by atoms with E-state index in [1.54, 1.807) is 10.9 Å². The molecule has 214 valence electrons. The first-order chi connectivity index (χ1) is 18.6. The number of hydrogen-bond donors (Lipinski definition) is 2. The number of likely N-dealkylation sites (tertiary alicyclic amines) is 1. The summed E-state index contributed by atoms with van der Waals surface area (Å²) in [6.07, 6.45) is 1.67. The zero-order valence-electron chi connectivity index (χ0n) is 22.0. The van der Waals surface area contributed by atoms with Crippen LogP contribution in [0.2, 0.25) is 0 Å². The van der Waals surface area contributed by atoms with Crippen molar-refractivity contribution in [3.8, 4) is 0 Å². The maximum atomic E-state index is 13.7. The quantitative estimate of drug-likeness (QED) is 0.489. The molecule has 2 saturated heterocycles. The average Bonchev–Trinajstić information content (AvgIpc) is 3.51. The number of rotatable bonds is 7. The number of alkyl halides is 3. The first kappa shape index (κ1) is 28.5. The topological polar surface area (TPSA) is 84.3 Å². The smallest absolute Gasteiger partial charge is 0.392 e. The number of nitrogens with zero attached hydrogens (tertiary/aromatic N) is 4. The van der Waals surface area contributed by atoms with Gasteiger partial charge in [-0.25, -0.2) is 6.57 Å². The van der Waals surface area contributed by atoms with Crippen LogP contribution in [0.1, 0.15) is 65.5 Å². The van der Waals surface area contributed by atoms with Gasteiger partial charge in [0.25, 0.3) is 0 Å². The Kier molecular flexibility index (Phi) is 8.12. The van der Waals surface area contributed by atoms with Crippen molar-refractivity contribution in [3.05, 3.63) is 50.3 Å². The molecule has 0 radical (unpaired) electrons. The lowest BCUT2D eigenvalue weighted by molar-refractivity contribution is -0.135. The molecule has 2 aromatic rings. The maximum Gasteiger partial charge on any atom is 0.425 e. The molecule has 3 atom stereocenters. The van der Waals surface area contributed by atoms with Crippen LogP contribution in [0.5, 0.6) is 0 Å². The minimum Gasteiger partial charge on any atom is -0.392 e. The predicted molar refractivity (Wildman–Crippen MR) is 138 cm³/mol. The highest BCUT2D eigenvalue weighted by Gasteiger charge is 2.48. The lowest BCUT2D eigenvalue weighted by Gasteiger charge is -2.47. The summed E-state index contributed by atoms with van der Waals surface area (Å²) >= 11 is 0.738. The molecular weight excluding hydrogens is 533 g/mol. The Morgan fingerprint density at radius 1 is 1.28 bits per heavy atom. The Balaban J connectivity index is 1.23. The highest BCUT2D eigenvalue weighted by molar-refractivity contribution is 7.12. The second-order valence-corrected chi connectivity index (χ2v) is 12.1. The Bertz CT molecular complexity index is 1200. The lowest BCUT2D eigenvalue weighted by Crippen LogP contribution is -2.50. The molecule has 0 amide bonds. The highest BCUT2D eigenvalue weighted by atomic mass is 32.1. The van der Waals surface area contributed by atoms with Crippen LogP contribution in [0.25, 0.3) is 4.85 Å². The third kappa shape index (κ3) is 5.76. The monoisotopic (exact) mass is 568 g/mol. The molecule has 0 saturated carbocycles. The van der Waals surface area contributed by atoms with Crippen LogP contribution in [0, 0.1) is 6.57 Å². The van der Waals surface area contributed by atoms with Gasteiger partial charge >= 0.3 is 6.18 Å². The van der Waals surface area contributed by atoms with Gasteiger partial charge in [0, 0.05) is 54.2 Å². The van der Waals surface area contributed by atoms with Crippen LogP contribution >= 0.6 is 11.3 Å². The summed E-state index contributed by atoms with van der Waals surface area (Å²) in [7, 11) is 0. The van der Waals surface area contributed by atoms with Crippen molar-refractivity contribution in [1.29, 1.82) is 0 Å². The van der Waals surface area contributed by atoms with Crippen molar-refractivity contribution in [2.75, 3.05) is 26.4 Å². The summed E-state index contributed by atoms with van der Waals surface area (Å²) in [5, 5.41) is 24.9. The van der Waals surface area contributed by atoms with Crippen LogP contribution in [0.4, 0.5) is 13.2 Å². The van der Waals surface area contributed by atoms with E-state index < -0.39 is 34.9 Å². The van der Waals surface area contributed by atoms with Crippen molar-refractivity contribution >= 4 is 11.3 Å². The zero-order valence-corrected chi connectivity index (χ0v) is 22.9. The van der Waals surface area contributed by atoms with E-state index in [4.69, 9.17) is 16.0 Å². The van der Waals surface area contributed by atoms with Crippen molar-refractivity contribution in [3.63, 3.8) is 0 Å². The lowest BCUT2D eigenvalue weighted by atomic mass is 9.81. The van der Waals surface area contributed by atoms with Crippen LogP contribution in [0.15, 0.2) is 12.4 Å². The number of aliphatic hydroxyl groups excluding tert-OH is 2. The average molecular weight is 569 g/mol. The van der Waals surface area contributed by atoms with Gasteiger partial charge in [0.2, 0.25) is 5.54 Å². The Hall–Kier alpha value is -2.01. The zero-order chi connectivity index (χ0) is 27.8.